The molecule has 0 unspecified atom stereocenters. The maximum Gasteiger partial charge on any atom is 0.0698 e. The second kappa shape index (κ2) is 26.4. The molecule has 0 radical (unpaired) electrons. The summed E-state index contributed by atoms with van der Waals surface area (Å²) in [6.07, 6.45) is 0. The van der Waals surface area contributed by atoms with Crippen LogP contribution in [0.4, 0.5) is 0 Å². The number of aliphatic hydroxyl groups excluding tert-OH is 1. The minimum atomic E-state index is -0.786. The minimum Gasteiger partial charge on any atom is -0.394 e. The first-order chi connectivity index (χ1) is 21.7. The molecule has 0 bridgehead atoms. The van der Waals surface area contributed by atoms with Crippen molar-refractivity contribution in [2.75, 3.05) is 183 Å². The van der Waals surface area contributed by atoms with Gasteiger partial charge in [-0.3, -0.25) is 0 Å². The summed E-state index contributed by atoms with van der Waals surface area (Å²) in [6.45, 7) is 5.01. The Kier molecular flexibility index (Phi) is 26.1. The van der Waals surface area contributed by atoms with Gasteiger partial charge in [-0.25, -0.2) is 0 Å². The molecule has 0 atom stereocenters. The van der Waals surface area contributed by atoms with Gasteiger partial charge in [0.15, 0.2) is 0 Å². The molecule has 0 saturated heterocycles. The number of ether oxygens (including phenoxy) is 13. The van der Waals surface area contributed by atoms with E-state index in [0.717, 1.165) is 0 Å². The number of hydrogen-bond acceptors (Lipinski definition) is 14. The molecule has 0 rings (SSSR count). The number of methoxy groups -OCH3 is 9. The fraction of sp³-hybridized carbons (Fsp3) is 1.00. The summed E-state index contributed by atoms with van der Waals surface area (Å²) in [5.41, 5.74) is -2.39. The normalized spacial score (nSPS) is 13.2. The molecule has 14 heteroatoms. The highest BCUT2D eigenvalue weighted by Crippen LogP contribution is 2.28. The van der Waals surface area contributed by atoms with Crippen molar-refractivity contribution in [2.45, 2.75) is 0 Å². The lowest BCUT2D eigenvalue weighted by Crippen LogP contribution is -2.48. The van der Waals surface area contributed by atoms with Crippen LogP contribution in [-0.4, -0.2) is 188 Å². The van der Waals surface area contributed by atoms with E-state index < -0.39 is 21.7 Å². The molecule has 1 N–H and O–H groups in total. The highest BCUT2D eigenvalue weighted by Gasteiger charge is 2.39. The third-order valence-electron chi connectivity index (χ3n) is 7.15. The maximum absolute atomic E-state index is 9.50. The number of hydrogen-bond donors (Lipinski definition) is 1. The molecule has 0 spiro atoms. The molecule has 0 amide bonds. The van der Waals surface area contributed by atoms with E-state index in [9.17, 15) is 5.11 Å². The highest BCUT2D eigenvalue weighted by atomic mass is 16.5. The largest absolute Gasteiger partial charge is 0.394 e. The summed E-state index contributed by atoms with van der Waals surface area (Å²) < 4.78 is 74.7. The zero-order chi connectivity index (χ0) is 33.9. The predicted molar refractivity (Wildman–Crippen MR) is 167 cm³/mol. The third-order valence-corrected chi connectivity index (χ3v) is 7.15. The van der Waals surface area contributed by atoms with Crippen LogP contribution in [0, 0.1) is 21.7 Å². The van der Waals surface area contributed by atoms with Crippen molar-refractivity contribution in [3.8, 4) is 0 Å². The molecule has 0 fully saturated rings. The van der Waals surface area contributed by atoms with Crippen LogP contribution >= 0.6 is 0 Å². The Hall–Kier alpha value is -0.560. The third kappa shape index (κ3) is 17.4. The summed E-state index contributed by atoms with van der Waals surface area (Å²) in [5, 5.41) is 9.50. The molecule has 14 nitrogen and oxygen atoms in total. The second-order valence-electron chi connectivity index (χ2n) is 12.2. The molecule has 45 heavy (non-hydrogen) atoms. The van der Waals surface area contributed by atoms with Gasteiger partial charge in [-0.2, -0.15) is 0 Å². The lowest BCUT2D eigenvalue weighted by molar-refractivity contribution is -0.160. The molecular weight excluding hydrogens is 596 g/mol. The summed E-state index contributed by atoms with van der Waals surface area (Å²) >= 11 is 0. The molecule has 0 aromatic carbocycles. The smallest absolute Gasteiger partial charge is 0.0698 e. The number of aliphatic hydroxyl groups is 1. The molecule has 0 heterocycles. The van der Waals surface area contributed by atoms with Crippen LogP contribution in [0.1, 0.15) is 0 Å². The zero-order valence-electron chi connectivity index (χ0n) is 29.5. The fourth-order valence-electron chi connectivity index (χ4n) is 5.56. The van der Waals surface area contributed by atoms with Crippen molar-refractivity contribution in [1.82, 2.24) is 0 Å². The minimum absolute atomic E-state index is 0.130. The lowest BCUT2D eigenvalue weighted by Gasteiger charge is -2.39. The second-order valence-corrected chi connectivity index (χ2v) is 12.2. The molecule has 0 aliphatic rings. The van der Waals surface area contributed by atoms with Crippen molar-refractivity contribution >= 4 is 0 Å². The van der Waals surface area contributed by atoms with E-state index in [-0.39, 0.29) is 59.5 Å². The van der Waals surface area contributed by atoms with Crippen LogP contribution in [-0.2, 0) is 61.6 Å². The van der Waals surface area contributed by atoms with Crippen LogP contribution in [0.3, 0.4) is 0 Å². The van der Waals surface area contributed by atoms with E-state index in [1.807, 2.05) is 0 Å². The van der Waals surface area contributed by atoms with E-state index in [4.69, 9.17) is 61.6 Å². The van der Waals surface area contributed by atoms with Crippen LogP contribution in [0.25, 0.3) is 0 Å². The van der Waals surface area contributed by atoms with Gasteiger partial charge in [0.2, 0.25) is 0 Å². The van der Waals surface area contributed by atoms with Crippen molar-refractivity contribution in [3.63, 3.8) is 0 Å². The monoisotopic (exact) mass is 660 g/mol. The Morgan fingerprint density at radius 3 is 0.644 bits per heavy atom. The molecular formula is C31H64O14. The van der Waals surface area contributed by atoms with Crippen LogP contribution in [0.15, 0.2) is 0 Å². The van der Waals surface area contributed by atoms with E-state index in [1.54, 1.807) is 64.0 Å². The van der Waals surface area contributed by atoms with Crippen LogP contribution in [0.2, 0.25) is 0 Å². The van der Waals surface area contributed by atoms with Gasteiger partial charge in [-0.05, 0) is 0 Å². The van der Waals surface area contributed by atoms with Crippen LogP contribution < -0.4 is 0 Å². The van der Waals surface area contributed by atoms with Gasteiger partial charge in [0.25, 0.3) is 0 Å². The first kappa shape index (κ1) is 44.4. The Morgan fingerprint density at radius 2 is 0.467 bits per heavy atom. The van der Waals surface area contributed by atoms with Crippen molar-refractivity contribution < 1.29 is 66.7 Å². The summed E-state index contributed by atoms with van der Waals surface area (Å²) in [7, 11) is 14.7. The average molecular weight is 661 g/mol. The Balaban J connectivity index is 6.29. The predicted octanol–water partition coefficient (Wildman–Crippen LogP) is 0.808. The Bertz CT molecular complexity index is 538. The van der Waals surface area contributed by atoms with Gasteiger partial charge in [-0.1, -0.05) is 0 Å². The molecule has 0 aliphatic heterocycles. The van der Waals surface area contributed by atoms with E-state index in [0.29, 0.717) is 59.5 Å². The first-order valence-corrected chi connectivity index (χ1v) is 15.1. The lowest BCUT2D eigenvalue weighted by atomic mass is 9.89. The van der Waals surface area contributed by atoms with Crippen molar-refractivity contribution in [1.29, 1.82) is 0 Å². The number of rotatable bonds is 34. The van der Waals surface area contributed by atoms with Crippen molar-refractivity contribution in [2.24, 2.45) is 21.7 Å². The van der Waals surface area contributed by atoms with Crippen LogP contribution in [0.5, 0.6) is 0 Å². The quantitative estimate of drug-likeness (QED) is 0.0974. The molecule has 0 aliphatic carbocycles. The standard InChI is InChI=1S/C31H64O14/c1-33-12-28(13-34-2,14-35-3)22-43-25-31(21-42-11-10-32,26-44-23-29(15-36-4,16-37-5)17-38-6)27-45-24-30(18-39-7,19-40-8)20-41-9/h32H,10-27H2,1-9H3. The van der Waals surface area contributed by atoms with E-state index in [2.05, 4.69) is 0 Å². The van der Waals surface area contributed by atoms with Gasteiger partial charge in [0, 0.05) is 64.0 Å². The SMILES string of the molecule is COCC(COC)(COC)COCC(COCCO)(COCC(COC)(COC)COC)COCC(COC)(COC)COC. The Morgan fingerprint density at radius 1 is 0.289 bits per heavy atom. The van der Waals surface area contributed by atoms with Gasteiger partial charge < -0.3 is 66.7 Å². The first-order valence-electron chi connectivity index (χ1n) is 15.1. The van der Waals surface area contributed by atoms with Gasteiger partial charge in [0.1, 0.15) is 0 Å². The molecule has 0 saturated carbocycles. The maximum atomic E-state index is 9.50. The van der Waals surface area contributed by atoms with Gasteiger partial charge in [-0.15, -0.1) is 0 Å². The van der Waals surface area contributed by atoms with Gasteiger partial charge >= 0.3 is 0 Å². The summed E-state index contributed by atoms with van der Waals surface area (Å²) in [4.78, 5) is 0. The van der Waals surface area contributed by atoms with Crippen molar-refractivity contribution in [3.05, 3.63) is 0 Å². The average Bonchev–Trinajstić information content (AvgIpc) is 2.98. The fourth-order valence-corrected chi connectivity index (χ4v) is 5.56. The zero-order valence-corrected chi connectivity index (χ0v) is 29.5. The molecule has 272 valence electrons. The van der Waals surface area contributed by atoms with Gasteiger partial charge in [0.05, 0.1) is 141 Å². The van der Waals surface area contributed by atoms with E-state index in [1.165, 1.54) is 0 Å². The molecule has 0 aromatic rings. The Labute approximate surface area is 271 Å². The van der Waals surface area contributed by atoms with E-state index >= 15 is 0 Å². The summed E-state index contributed by atoms with van der Waals surface area (Å²) in [5.74, 6) is 0. The topological polar surface area (TPSA) is 140 Å². The highest BCUT2D eigenvalue weighted by molar-refractivity contribution is 4.86. The summed E-state index contributed by atoms with van der Waals surface area (Å²) in [6, 6.07) is 0. The molecule has 0 aromatic heterocycles.